The summed E-state index contributed by atoms with van der Waals surface area (Å²) in [6.07, 6.45) is 3.17. The lowest BCUT2D eigenvalue weighted by Crippen LogP contribution is -2.32. The summed E-state index contributed by atoms with van der Waals surface area (Å²) in [6, 6.07) is 9.03. The van der Waals surface area contributed by atoms with E-state index in [0.717, 1.165) is 11.4 Å². The van der Waals surface area contributed by atoms with Crippen LogP contribution in [-0.4, -0.2) is 29.6 Å². The van der Waals surface area contributed by atoms with Gasteiger partial charge >= 0.3 is 0 Å². The molecule has 1 aromatic heterocycles. The van der Waals surface area contributed by atoms with Gasteiger partial charge in [0, 0.05) is 37.0 Å². The maximum absolute atomic E-state index is 5.81. The standard InChI is InChI=1S/C15H19N3S/c1-18(12-6-7-19-10-12)15-14-5-3-2-4-13(14)11(8-16)9-17-15/h2-5,9,12H,6-8,10,16H2,1H3. The second-order valence-corrected chi connectivity index (χ2v) is 6.13. The zero-order chi connectivity index (χ0) is 13.2. The molecule has 3 rings (SSSR count). The minimum Gasteiger partial charge on any atom is -0.355 e. The van der Waals surface area contributed by atoms with Gasteiger partial charge in [0.25, 0.3) is 0 Å². The van der Waals surface area contributed by atoms with Crippen molar-refractivity contribution in [1.29, 1.82) is 0 Å². The highest BCUT2D eigenvalue weighted by atomic mass is 32.2. The van der Waals surface area contributed by atoms with E-state index >= 15 is 0 Å². The maximum atomic E-state index is 5.81. The van der Waals surface area contributed by atoms with E-state index in [9.17, 15) is 0 Å². The van der Waals surface area contributed by atoms with Gasteiger partial charge in [-0.05, 0) is 23.1 Å². The van der Waals surface area contributed by atoms with Gasteiger partial charge in [0.2, 0.25) is 0 Å². The summed E-state index contributed by atoms with van der Waals surface area (Å²) < 4.78 is 0. The molecule has 100 valence electrons. The van der Waals surface area contributed by atoms with Crippen molar-refractivity contribution in [2.75, 3.05) is 23.5 Å². The molecular formula is C15H19N3S. The van der Waals surface area contributed by atoms with Gasteiger partial charge in [0.05, 0.1) is 0 Å². The molecule has 1 fully saturated rings. The Kier molecular flexibility index (Phi) is 3.62. The third-order valence-electron chi connectivity index (χ3n) is 3.86. The van der Waals surface area contributed by atoms with Crippen molar-refractivity contribution in [3.8, 4) is 0 Å². The number of nitrogens with zero attached hydrogens (tertiary/aromatic N) is 2. The van der Waals surface area contributed by atoms with Gasteiger partial charge in [0.1, 0.15) is 5.82 Å². The Morgan fingerprint density at radius 1 is 1.37 bits per heavy atom. The fraction of sp³-hybridized carbons (Fsp3) is 0.400. The van der Waals surface area contributed by atoms with Crippen LogP contribution in [0.2, 0.25) is 0 Å². The summed E-state index contributed by atoms with van der Waals surface area (Å²) in [7, 11) is 2.16. The molecule has 0 amide bonds. The summed E-state index contributed by atoms with van der Waals surface area (Å²) in [5.74, 6) is 3.54. The molecule has 1 saturated heterocycles. The second-order valence-electron chi connectivity index (χ2n) is 4.99. The van der Waals surface area contributed by atoms with Crippen molar-refractivity contribution in [2.45, 2.75) is 19.0 Å². The van der Waals surface area contributed by atoms with Gasteiger partial charge in [-0.25, -0.2) is 4.98 Å². The molecule has 1 aliphatic heterocycles. The van der Waals surface area contributed by atoms with Crippen molar-refractivity contribution < 1.29 is 0 Å². The number of anilines is 1. The number of aromatic nitrogens is 1. The first-order valence-electron chi connectivity index (χ1n) is 6.68. The molecule has 0 spiro atoms. The molecule has 1 aliphatic rings. The molecule has 2 N–H and O–H groups in total. The molecule has 1 atom stereocenters. The normalized spacial score (nSPS) is 18.9. The molecule has 3 nitrogen and oxygen atoms in total. The van der Waals surface area contributed by atoms with Gasteiger partial charge in [-0.15, -0.1) is 0 Å². The van der Waals surface area contributed by atoms with E-state index in [1.807, 2.05) is 18.0 Å². The van der Waals surface area contributed by atoms with Crippen LogP contribution in [0.1, 0.15) is 12.0 Å². The monoisotopic (exact) mass is 273 g/mol. The van der Waals surface area contributed by atoms with Crippen LogP contribution in [0.5, 0.6) is 0 Å². The van der Waals surface area contributed by atoms with Crippen LogP contribution in [0, 0.1) is 0 Å². The Hall–Kier alpha value is -1.26. The zero-order valence-corrected chi connectivity index (χ0v) is 12.0. The predicted octanol–water partition coefficient (Wildman–Crippen LogP) is 2.64. The van der Waals surface area contributed by atoms with Crippen LogP contribution in [0.4, 0.5) is 5.82 Å². The van der Waals surface area contributed by atoms with E-state index in [4.69, 9.17) is 5.73 Å². The molecular weight excluding hydrogens is 254 g/mol. The molecule has 0 saturated carbocycles. The van der Waals surface area contributed by atoms with Crippen molar-refractivity contribution in [2.24, 2.45) is 5.73 Å². The van der Waals surface area contributed by atoms with Crippen molar-refractivity contribution in [3.63, 3.8) is 0 Å². The smallest absolute Gasteiger partial charge is 0.136 e. The minimum absolute atomic E-state index is 0.538. The van der Waals surface area contributed by atoms with E-state index in [2.05, 4.69) is 41.2 Å². The number of thioether (sulfide) groups is 1. The highest BCUT2D eigenvalue weighted by molar-refractivity contribution is 7.99. The summed E-state index contributed by atoms with van der Waals surface area (Å²) in [5.41, 5.74) is 6.93. The fourth-order valence-electron chi connectivity index (χ4n) is 2.68. The van der Waals surface area contributed by atoms with Crippen molar-refractivity contribution >= 4 is 28.4 Å². The lowest BCUT2D eigenvalue weighted by Gasteiger charge is -2.26. The second kappa shape index (κ2) is 5.39. The first kappa shape index (κ1) is 12.8. The third-order valence-corrected chi connectivity index (χ3v) is 5.01. The first-order chi connectivity index (χ1) is 9.31. The topological polar surface area (TPSA) is 42.2 Å². The number of rotatable bonds is 3. The van der Waals surface area contributed by atoms with Crippen LogP contribution < -0.4 is 10.6 Å². The SMILES string of the molecule is CN(c1ncc(CN)c2ccccc12)C1CCSC1. The number of pyridine rings is 1. The van der Waals surface area contributed by atoms with E-state index in [-0.39, 0.29) is 0 Å². The largest absolute Gasteiger partial charge is 0.355 e. The summed E-state index contributed by atoms with van der Waals surface area (Å²) in [6.45, 7) is 0.538. The van der Waals surface area contributed by atoms with E-state index < -0.39 is 0 Å². The summed E-state index contributed by atoms with van der Waals surface area (Å²) >= 11 is 2.03. The van der Waals surface area contributed by atoms with E-state index in [1.54, 1.807) is 0 Å². The van der Waals surface area contributed by atoms with Crippen LogP contribution in [0.25, 0.3) is 10.8 Å². The Morgan fingerprint density at radius 3 is 2.84 bits per heavy atom. The number of benzene rings is 1. The summed E-state index contributed by atoms with van der Waals surface area (Å²) in [4.78, 5) is 6.99. The minimum atomic E-state index is 0.538. The molecule has 1 unspecified atom stereocenters. The average molecular weight is 273 g/mol. The molecule has 0 aliphatic carbocycles. The number of nitrogens with two attached hydrogens (primary N) is 1. The van der Waals surface area contributed by atoms with E-state index in [0.29, 0.717) is 12.6 Å². The lowest BCUT2D eigenvalue weighted by atomic mass is 10.1. The quantitative estimate of drug-likeness (QED) is 0.933. The highest BCUT2D eigenvalue weighted by Crippen LogP contribution is 2.30. The molecule has 0 bridgehead atoms. The van der Waals surface area contributed by atoms with Crippen molar-refractivity contribution in [3.05, 3.63) is 36.0 Å². The van der Waals surface area contributed by atoms with Crippen LogP contribution in [-0.2, 0) is 6.54 Å². The Labute approximate surface area is 118 Å². The van der Waals surface area contributed by atoms with Gasteiger partial charge in [-0.3, -0.25) is 0 Å². The van der Waals surface area contributed by atoms with Gasteiger partial charge in [-0.2, -0.15) is 11.8 Å². The Balaban J connectivity index is 2.08. The van der Waals surface area contributed by atoms with Crippen LogP contribution in [0.3, 0.4) is 0 Å². The Morgan fingerprint density at radius 2 is 2.16 bits per heavy atom. The van der Waals surface area contributed by atoms with Gasteiger partial charge in [-0.1, -0.05) is 24.3 Å². The maximum Gasteiger partial charge on any atom is 0.136 e. The molecule has 19 heavy (non-hydrogen) atoms. The lowest BCUT2D eigenvalue weighted by molar-refractivity contribution is 0.694. The fourth-order valence-corrected chi connectivity index (χ4v) is 3.95. The predicted molar refractivity (Wildman–Crippen MR) is 83.8 cm³/mol. The number of fused-ring (bicyclic) bond motifs is 1. The molecule has 2 heterocycles. The zero-order valence-electron chi connectivity index (χ0n) is 11.2. The number of hydrogen-bond acceptors (Lipinski definition) is 4. The molecule has 4 heteroatoms. The molecule has 2 aromatic rings. The summed E-state index contributed by atoms with van der Waals surface area (Å²) in [5, 5.41) is 2.44. The van der Waals surface area contributed by atoms with E-state index in [1.165, 1.54) is 28.7 Å². The van der Waals surface area contributed by atoms with Gasteiger partial charge in [0.15, 0.2) is 0 Å². The van der Waals surface area contributed by atoms with Crippen LogP contribution >= 0.6 is 11.8 Å². The highest BCUT2D eigenvalue weighted by Gasteiger charge is 2.22. The third kappa shape index (κ3) is 2.30. The molecule has 0 radical (unpaired) electrons. The van der Waals surface area contributed by atoms with Gasteiger partial charge < -0.3 is 10.6 Å². The average Bonchev–Trinajstić information content (AvgIpc) is 2.99. The molecule has 1 aromatic carbocycles. The number of hydrogen-bond donors (Lipinski definition) is 1. The van der Waals surface area contributed by atoms with Crippen LogP contribution in [0.15, 0.2) is 30.5 Å². The first-order valence-corrected chi connectivity index (χ1v) is 7.84. The van der Waals surface area contributed by atoms with Crippen molar-refractivity contribution in [1.82, 2.24) is 4.98 Å². The Bertz CT molecular complexity index is 579.